The van der Waals surface area contributed by atoms with Gasteiger partial charge in [0.1, 0.15) is 0 Å². The predicted octanol–water partition coefficient (Wildman–Crippen LogP) is 2.54. The second kappa shape index (κ2) is 5.27. The summed E-state index contributed by atoms with van der Waals surface area (Å²) < 4.78 is 0. The van der Waals surface area contributed by atoms with E-state index in [2.05, 4.69) is 18.3 Å². The number of rotatable bonds is 4. The van der Waals surface area contributed by atoms with Gasteiger partial charge in [0.25, 0.3) is 0 Å². The molecule has 4 nitrogen and oxygen atoms in total. The summed E-state index contributed by atoms with van der Waals surface area (Å²) in [4.78, 5) is 23.2. The van der Waals surface area contributed by atoms with Crippen molar-refractivity contribution in [2.24, 2.45) is 11.3 Å². The average molecular weight is 275 g/mol. The monoisotopic (exact) mass is 275 g/mol. The first-order valence-electron chi connectivity index (χ1n) is 6.92. The number of fused-ring (bicyclic) bond motifs is 1. The molecule has 0 saturated heterocycles. The minimum absolute atomic E-state index is 0.00623. The van der Waals surface area contributed by atoms with Crippen LogP contribution >= 0.6 is 0 Å². The van der Waals surface area contributed by atoms with Gasteiger partial charge in [-0.05, 0) is 37.3 Å². The minimum atomic E-state index is -1.04. The van der Waals surface area contributed by atoms with E-state index in [0.29, 0.717) is 5.92 Å². The number of hydrogen-bond donors (Lipinski definition) is 2. The Hall–Kier alpha value is -1.84. The largest absolute Gasteiger partial charge is 0.481 e. The van der Waals surface area contributed by atoms with E-state index in [1.807, 2.05) is 18.2 Å². The molecule has 0 heterocycles. The van der Waals surface area contributed by atoms with E-state index in [0.717, 1.165) is 12.0 Å². The van der Waals surface area contributed by atoms with Crippen molar-refractivity contribution in [3.05, 3.63) is 35.4 Å². The van der Waals surface area contributed by atoms with E-state index >= 15 is 0 Å². The lowest BCUT2D eigenvalue weighted by Gasteiger charge is -2.23. The third-order valence-corrected chi connectivity index (χ3v) is 4.00. The predicted molar refractivity (Wildman–Crippen MR) is 76.2 cm³/mol. The summed E-state index contributed by atoms with van der Waals surface area (Å²) in [6.45, 7) is 5.25. The van der Waals surface area contributed by atoms with E-state index in [1.165, 1.54) is 5.56 Å². The first-order chi connectivity index (χ1) is 9.31. The van der Waals surface area contributed by atoms with Crippen molar-refractivity contribution in [3.8, 4) is 0 Å². The summed E-state index contributed by atoms with van der Waals surface area (Å²) in [7, 11) is 0. The minimum Gasteiger partial charge on any atom is -0.481 e. The van der Waals surface area contributed by atoms with Crippen LogP contribution in [0.2, 0.25) is 0 Å². The Morgan fingerprint density at radius 1 is 1.35 bits per heavy atom. The number of nitrogens with one attached hydrogen (secondary N) is 1. The van der Waals surface area contributed by atoms with Crippen LogP contribution in [0, 0.1) is 11.3 Å². The van der Waals surface area contributed by atoms with Crippen molar-refractivity contribution >= 4 is 11.9 Å². The van der Waals surface area contributed by atoms with Gasteiger partial charge < -0.3 is 10.4 Å². The van der Waals surface area contributed by atoms with Crippen molar-refractivity contribution in [2.75, 3.05) is 0 Å². The molecule has 108 valence electrons. The van der Waals surface area contributed by atoms with E-state index in [9.17, 15) is 9.59 Å². The summed E-state index contributed by atoms with van der Waals surface area (Å²) in [6.07, 6.45) is 0.942. The smallest absolute Gasteiger partial charge is 0.309 e. The van der Waals surface area contributed by atoms with Gasteiger partial charge in [-0.2, -0.15) is 0 Å². The molecule has 2 rings (SSSR count). The third-order valence-electron chi connectivity index (χ3n) is 4.00. The molecule has 2 atom stereocenters. The first kappa shape index (κ1) is 14.6. The molecule has 2 N–H and O–H groups in total. The second-order valence-electron chi connectivity index (χ2n) is 6.29. The summed E-state index contributed by atoms with van der Waals surface area (Å²) in [6, 6.07) is 8.08. The Labute approximate surface area is 119 Å². The molecule has 4 heteroatoms. The number of benzene rings is 1. The van der Waals surface area contributed by atoms with Gasteiger partial charge in [-0.25, -0.2) is 0 Å². The molecule has 1 aliphatic rings. The zero-order valence-electron chi connectivity index (χ0n) is 12.1. The quantitative estimate of drug-likeness (QED) is 0.887. The van der Waals surface area contributed by atoms with Gasteiger partial charge in [0, 0.05) is 6.42 Å². The molecule has 0 saturated carbocycles. The van der Waals surface area contributed by atoms with Gasteiger partial charge in [0.2, 0.25) is 5.91 Å². The van der Waals surface area contributed by atoms with Gasteiger partial charge in [-0.3, -0.25) is 9.59 Å². The van der Waals surface area contributed by atoms with Gasteiger partial charge in [0.15, 0.2) is 0 Å². The van der Waals surface area contributed by atoms with Crippen molar-refractivity contribution < 1.29 is 14.7 Å². The maximum absolute atomic E-state index is 12.1. The molecule has 1 amide bonds. The summed E-state index contributed by atoms with van der Waals surface area (Å²) in [5, 5.41) is 12.1. The molecule has 20 heavy (non-hydrogen) atoms. The Morgan fingerprint density at radius 3 is 2.65 bits per heavy atom. The van der Waals surface area contributed by atoms with Gasteiger partial charge in [0.05, 0.1) is 11.5 Å². The molecule has 0 aromatic heterocycles. The van der Waals surface area contributed by atoms with E-state index in [4.69, 9.17) is 5.11 Å². The van der Waals surface area contributed by atoms with Crippen LogP contribution in [0.5, 0.6) is 0 Å². The first-order valence-corrected chi connectivity index (χ1v) is 6.92. The fourth-order valence-corrected chi connectivity index (χ4v) is 2.72. The Kier molecular flexibility index (Phi) is 3.84. The highest BCUT2D eigenvalue weighted by Gasteiger charge is 2.34. The molecule has 0 bridgehead atoms. The fraction of sp³-hybridized carbons (Fsp3) is 0.500. The van der Waals surface area contributed by atoms with Crippen LogP contribution in [0.15, 0.2) is 24.3 Å². The van der Waals surface area contributed by atoms with Crippen LogP contribution in [-0.2, 0) is 16.0 Å². The lowest BCUT2D eigenvalue weighted by molar-refractivity contribution is -0.149. The third kappa shape index (κ3) is 2.84. The maximum atomic E-state index is 12.1. The number of amides is 1. The second-order valence-corrected chi connectivity index (χ2v) is 6.29. The lowest BCUT2D eigenvalue weighted by atomic mass is 9.89. The van der Waals surface area contributed by atoms with Crippen LogP contribution in [0.4, 0.5) is 0 Å². The summed E-state index contributed by atoms with van der Waals surface area (Å²) in [5.74, 6) is -0.817. The number of carboxylic acid groups (broad SMARTS) is 1. The number of carbonyl (C=O) groups excluding carboxylic acids is 1. The normalized spacial score (nSPS) is 21.4. The Morgan fingerprint density at radius 2 is 2.00 bits per heavy atom. The standard InChI is InChI=1S/C16H21NO3/c1-10-8-11-6-4-5-7-12(11)14(10)17-13(18)9-16(2,3)15(19)20/h4-7,10,14H,8-9H2,1-3H3,(H,17,18)(H,19,20)/t10-,14-/m1/s1. The number of carbonyl (C=O) groups is 2. The van der Waals surface area contributed by atoms with Crippen molar-refractivity contribution in [2.45, 2.75) is 39.7 Å². The van der Waals surface area contributed by atoms with Crippen molar-refractivity contribution in [3.63, 3.8) is 0 Å². The molecule has 0 unspecified atom stereocenters. The molecular formula is C16H21NO3. The average Bonchev–Trinajstić information content (AvgIpc) is 2.65. The maximum Gasteiger partial charge on any atom is 0.309 e. The summed E-state index contributed by atoms with van der Waals surface area (Å²) >= 11 is 0. The molecule has 1 aliphatic carbocycles. The number of carboxylic acids is 1. The highest BCUT2D eigenvalue weighted by Crippen LogP contribution is 2.36. The molecular weight excluding hydrogens is 254 g/mol. The fourth-order valence-electron chi connectivity index (χ4n) is 2.72. The van der Waals surface area contributed by atoms with Gasteiger partial charge >= 0.3 is 5.97 Å². The Bertz CT molecular complexity index is 536. The number of aliphatic carboxylic acids is 1. The Balaban J connectivity index is 2.07. The molecule has 0 radical (unpaired) electrons. The van der Waals surface area contributed by atoms with Crippen LogP contribution in [0.25, 0.3) is 0 Å². The highest BCUT2D eigenvalue weighted by molar-refractivity contribution is 5.84. The summed E-state index contributed by atoms with van der Waals surface area (Å²) in [5.41, 5.74) is 1.38. The van der Waals surface area contributed by atoms with Crippen molar-refractivity contribution in [1.29, 1.82) is 0 Å². The van der Waals surface area contributed by atoms with E-state index in [1.54, 1.807) is 13.8 Å². The molecule has 1 aromatic carbocycles. The molecule has 0 fully saturated rings. The van der Waals surface area contributed by atoms with Crippen molar-refractivity contribution in [1.82, 2.24) is 5.32 Å². The van der Waals surface area contributed by atoms with E-state index in [-0.39, 0.29) is 18.4 Å². The van der Waals surface area contributed by atoms with Gasteiger partial charge in [-0.15, -0.1) is 0 Å². The van der Waals surface area contributed by atoms with E-state index < -0.39 is 11.4 Å². The zero-order chi connectivity index (χ0) is 14.9. The van der Waals surface area contributed by atoms with Crippen LogP contribution in [0.1, 0.15) is 44.4 Å². The lowest BCUT2D eigenvalue weighted by Crippen LogP contribution is -2.36. The van der Waals surface area contributed by atoms with Crippen LogP contribution in [-0.4, -0.2) is 17.0 Å². The highest BCUT2D eigenvalue weighted by atomic mass is 16.4. The number of hydrogen-bond acceptors (Lipinski definition) is 2. The van der Waals surface area contributed by atoms with Crippen LogP contribution < -0.4 is 5.32 Å². The molecule has 1 aromatic rings. The molecule has 0 aliphatic heterocycles. The zero-order valence-corrected chi connectivity index (χ0v) is 12.1. The molecule has 0 spiro atoms. The topological polar surface area (TPSA) is 66.4 Å². The van der Waals surface area contributed by atoms with Crippen LogP contribution in [0.3, 0.4) is 0 Å². The SMILES string of the molecule is C[C@@H]1Cc2ccccc2[C@@H]1NC(=O)CC(C)(C)C(=O)O. The van der Waals surface area contributed by atoms with Gasteiger partial charge in [-0.1, -0.05) is 31.2 Å².